The molecule has 0 aromatic heterocycles. The smallest absolute Gasteiger partial charge is 0.0558 e. The van der Waals surface area contributed by atoms with E-state index in [0.29, 0.717) is 6.61 Å². The van der Waals surface area contributed by atoms with Crippen molar-refractivity contribution in [2.24, 2.45) is 5.92 Å². The number of hydrogen-bond donors (Lipinski definition) is 1. The van der Waals surface area contributed by atoms with E-state index in [-0.39, 0.29) is 0 Å². The summed E-state index contributed by atoms with van der Waals surface area (Å²) in [5.74, 6) is 0.936. The predicted octanol–water partition coefficient (Wildman–Crippen LogP) is 15.0. The second-order valence-electron chi connectivity index (χ2n) is 15.4. The molecule has 0 aliphatic rings. The first-order chi connectivity index (χ1) is 22.8. The van der Waals surface area contributed by atoms with Gasteiger partial charge in [-0.05, 0) is 38.3 Å². The minimum atomic E-state index is 0.318. The van der Waals surface area contributed by atoms with Crippen LogP contribution < -0.4 is 0 Å². The van der Waals surface area contributed by atoms with Crippen molar-refractivity contribution in [3.05, 3.63) is 0 Å². The van der Waals surface area contributed by atoms with Gasteiger partial charge in [-0.25, -0.2) is 0 Å². The molecule has 0 aliphatic carbocycles. The molecule has 0 amide bonds. The highest BCUT2D eigenvalue weighted by Crippen LogP contribution is 2.24. The largest absolute Gasteiger partial charge is 0.395 e. The molecule has 0 bridgehead atoms. The standard InChI is InChI=1S/C44H91NO/c1-4-7-10-13-16-19-22-23-26-29-32-35-40-45(42-43-46)41-36-39-44(37-33-30-27-24-20-17-14-11-8-5-2)38-34-31-28-25-21-18-15-12-9-6-3/h44,46H,4-43H2,1-3H3. The Bertz CT molecular complexity index is 498. The van der Waals surface area contributed by atoms with E-state index >= 15 is 0 Å². The van der Waals surface area contributed by atoms with Crippen molar-refractivity contribution in [3.8, 4) is 0 Å². The van der Waals surface area contributed by atoms with Crippen LogP contribution in [-0.2, 0) is 0 Å². The van der Waals surface area contributed by atoms with Crippen molar-refractivity contribution in [1.82, 2.24) is 4.90 Å². The van der Waals surface area contributed by atoms with Gasteiger partial charge in [-0.15, -0.1) is 0 Å². The molecule has 0 aromatic rings. The first-order valence-electron chi connectivity index (χ1n) is 22.1. The molecule has 0 aromatic carbocycles. The van der Waals surface area contributed by atoms with Gasteiger partial charge >= 0.3 is 0 Å². The van der Waals surface area contributed by atoms with Crippen LogP contribution >= 0.6 is 0 Å². The second kappa shape index (κ2) is 41.1. The van der Waals surface area contributed by atoms with Gasteiger partial charge in [-0.1, -0.05) is 233 Å². The fourth-order valence-electron chi connectivity index (χ4n) is 7.53. The minimum absolute atomic E-state index is 0.318. The highest BCUT2D eigenvalue weighted by Gasteiger charge is 2.11. The van der Waals surface area contributed by atoms with Crippen molar-refractivity contribution >= 4 is 0 Å². The Kier molecular flexibility index (Phi) is 41.0. The van der Waals surface area contributed by atoms with Crippen LogP contribution in [0.15, 0.2) is 0 Å². The third-order valence-electron chi connectivity index (χ3n) is 10.8. The van der Waals surface area contributed by atoms with Gasteiger partial charge < -0.3 is 10.0 Å². The van der Waals surface area contributed by atoms with Crippen molar-refractivity contribution in [2.75, 3.05) is 26.2 Å². The SMILES string of the molecule is CCCCCCCCCCCCCCN(CCO)CCCC(CCCCCCCCCCCC)CCCCCCCCCCCC. The molecule has 1 N–H and O–H groups in total. The molecule has 0 heterocycles. The van der Waals surface area contributed by atoms with Gasteiger partial charge in [0.05, 0.1) is 6.61 Å². The van der Waals surface area contributed by atoms with Gasteiger partial charge in [0.15, 0.2) is 0 Å². The summed E-state index contributed by atoms with van der Waals surface area (Å²) in [5.41, 5.74) is 0. The average molecular weight is 650 g/mol. The Labute approximate surface area is 293 Å². The number of aliphatic hydroxyl groups is 1. The molecule has 0 spiro atoms. The lowest BCUT2D eigenvalue weighted by molar-refractivity contribution is 0.187. The Hall–Kier alpha value is -0.0800. The highest BCUT2D eigenvalue weighted by molar-refractivity contribution is 4.65. The lowest BCUT2D eigenvalue weighted by Gasteiger charge is -2.23. The molecule has 0 unspecified atom stereocenters. The first kappa shape index (κ1) is 45.9. The fraction of sp³-hybridized carbons (Fsp3) is 1.00. The summed E-state index contributed by atoms with van der Waals surface area (Å²) < 4.78 is 0. The summed E-state index contributed by atoms with van der Waals surface area (Å²) in [4.78, 5) is 2.58. The maximum absolute atomic E-state index is 9.71. The van der Waals surface area contributed by atoms with E-state index < -0.39 is 0 Å². The first-order valence-corrected chi connectivity index (χ1v) is 22.1. The minimum Gasteiger partial charge on any atom is -0.395 e. The lowest BCUT2D eigenvalue weighted by atomic mass is 9.90. The summed E-state index contributed by atoms with van der Waals surface area (Å²) in [6, 6.07) is 0. The topological polar surface area (TPSA) is 23.5 Å². The number of aliphatic hydroxyl groups excluding tert-OH is 1. The molecule has 2 nitrogen and oxygen atoms in total. The molecule has 0 rings (SSSR count). The van der Waals surface area contributed by atoms with E-state index in [2.05, 4.69) is 25.7 Å². The molecular weight excluding hydrogens is 558 g/mol. The van der Waals surface area contributed by atoms with Crippen molar-refractivity contribution in [2.45, 2.75) is 252 Å². The van der Waals surface area contributed by atoms with E-state index in [1.807, 2.05) is 0 Å². The number of nitrogens with zero attached hydrogens (tertiary/aromatic N) is 1. The van der Waals surface area contributed by atoms with Crippen LogP contribution in [0.2, 0.25) is 0 Å². The molecule has 46 heavy (non-hydrogen) atoms. The van der Waals surface area contributed by atoms with Crippen LogP contribution in [0.5, 0.6) is 0 Å². The van der Waals surface area contributed by atoms with E-state index in [0.717, 1.165) is 12.5 Å². The zero-order valence-electron chi connectivity index (χ0n) is 32.8. The molecule has 0 aliphatic heterocycles. The summed E-state index contributed by atoms with van der Waals surface area (Å²) in [6.45, 7) is 10.5. The molecule has 0 saturated carbocycles. The van der Waals surface area contributed by atoms with E-state index in [9.17, 15) is 5.11 Å². The molecule has 0 fully saturated rings. The summed E-state index contributed by atoms with van der Waals surface area (Å²) in [7, 11) is 0. The van der Waals surface area contributed by atoms with Crippen molar-refractivity contribution in [3.63, 3.8) is 0 Å². The molecule has 0 radical (unpaired) electrons. The van der Waals surface area contributed by atoms with Gasteiger partial charge in [-0.3, -0.25) is 0 Å². The predicted molar refractivity (Wildman–Crippen MR) is 210 cm³/mol. The van der Waals surface area contributed by atoms with Crippen LogP contribution in [0.1, 0.15) is 252 Å². The number of rotatable bonds is 41. The number of unbranched alkanes of at least 4 members (excludes halogenated alkanes) is 29. The monoisotopic (exact) mass is 650 g/mol. The van der Waals surface area contributed by atoms with Gasteiger partial charge in [0.1, 0.15) is 0 Å². The zero-order valence-corrected chi connectivity index (χ0v) is 32.8. The lowest BCUT2D eigenvalue weighted by Crippen LogP contribution is -2.29. The van der Waals surface area contributed by atoms with E-state index in [4.69, 9.17) is 0 Å². The number of hydrogen-bond acceptors (Lipinski definition) is 2. The molecule has 2 heteroatoms. The quantitative estimate of drug-likeness (QED) is 0.0666. The third kappa shape index (κ3) is 36.8. The van der Waals surface area contributed by atoms with Crippen LogP contribution in [0.3, 0.4) is 0 Å². The third-order valence-corrected chi connectivity index (χ3v) is 10.8. The summed E-state index contributed by atoms with van der Waals surface area (Å²) in [5, 5.41) is 9.71. The van der Waals surface area contributed by atoms with Crippen LogP contribution in [0.4, 0.5) is 0 Å². The maximum Gasteiger partial charge on any atom is 0.0558 e. The Morgan fingerprint density at radius 1 is 0.304 bits per heavy atom. The van der Waals surface area contributed by atoms with Crippen LogP contribution in [0, 0.1) is 5.92 Å². The van der Waals surface area contributed by atoms with Gasteiger partial charge in [0.25, 0.3) is 0 Å². The van der Waals surface area contributed by atoms with Crippen LogP contribution in [0.25, 0.3) is 0 Å². The van der Waals surface area contributed by atoms with Crippen molar-refractivity contribution in [1.29, 1.82) is 0 Å². The van der Waals surface area contributed by atoms with E-state index in [1.54, 1.807) is 0 Å². The Morgan fingerprint density at radius 3 is 0.891 bits per heavy atom. The molecule has 278 valence electrons. The van der Waals surface area contributed by atoms with Crippen molar-refractivity contribution < 1.29 is 5.11 Å². The molecule has 0 atom stereocenters. The normalized spacial score (nSPS) is 11.9. The van der Waals surface area contributed by atoms with Gasteiger partial charge in [0, 0.05) is 6.54 Å². The molecular formula is C44H91NO. The van der Waals surface area contributed by atoms with E-state index in [1.165, 1.54) is 244 Å². The average Bonchev–Trinajstić information content (AvgIpc) is 3.06. The fourth-order valence-corrected chi connectivity index (χ4v) is 7.53. The second-order valence-corrected chi connectivity index (χ2v) is 15.4. The maximum atomic E-state index is 9.71. The van der Waals surface area contributed by atoms with Gasteiger partial charge in [0.2, 0.25) is 0 Å². The summed E-state index contributed by atoms with van der Waals surface area (Å²) in [6.07, 6.45) is 51.6. The molecule has 0 saturated heterocycles. The Balaban J connectivity index is 4.19. The highest BCUT2D eigenvalue weighted by atomic mass is 16.3. The van der Waals surface area contributed by atoms with Crippen LogP contribution in [-0.4, -0.2) is 36.2 Å². The Morgan fingerprint density at radius 2 is 0.565 bits per heavy atom. The van der Waals surface area contributed by atoms with Gasteiger partial charge in [-0.2, -0.15) is 0 Å². The summed E-state index contributed by atoms with van der Waals surface area (Å²) >= 11 is 0. The zero-order chi connectivity index (χ0) is 33.4.